The predicted molar refractivity (Wildman–Crippen MR) is 90.6 cm³/mol. The lowest BCUT2D eigenvalue weighted by atomic mass is 10.1. The molecule has 2 aromatic heterocycles. The van der Waals surface area contributed by atoms with E-state index >= 15 is 0 Å². The monoisotopic (exact) mass is 334 g/mol. The number of H-pyrrole nitrogens is 1. The summed E-state index contributed by atoms with van der Waals surface area (Å²) in [4.78, 5) is 19.5. The number of aromatic amines is 1. The Hall–Kier alpha value is -3.66. The Morgan fingerprint density at radius 3 is 2.68 bits per heavy atom. The Labute approximate surface area is 144 Å². The van der Waals surface area contributed by atoms with Gasteiger partial charge < -0.3 is 9.47 Å². The number of ether oxygens (including phenoxy) is 2. The topological polar surface area (TPSA) is 81.5 Å². The van der Waals surface area contributed by atoms with Gasteiger partial charge in [0.1, 0.15) is 11.4 Å². The summed E-state index contributed by atoms with van der Waals surface area (Å²) < 4.78 is 10.5. The van der Waals surface area contributed by atoms with Crippen molar-refractivity contribution in [1.29, 1.82) is 0 Å². The summed E-state index contributed by atoms with van der Waals surface area (Å²) in [7, 11) is 0. The molecule has 0 aliphatic heterocycles. The largest absolute Gasteiger partial charge is 0.462 e. The molecule has 0 atom stereocenters. The van der Waals surface area contributed by atoms with Gasteiger partial charge in [0.05, 0.1) is 13.2 Å². The molecule has 124 valence electrons. The molecule has 0 fully saturated rings. The molecular formula is C18H14N4O3. The summed E-state index contributed by atoms with van der Waals surface area (Å²) >= 11 is 0. The molecule has 1 aromatic carbocycles. The molecule has 2 heterocycles. The average Bonchev–Trinajstić information content (AvgIpc) is 3.07. The Kier molecular flexibility index (Phi) is 4.72. The molecule has 3 rings (SSSR count). The van der Waals surface area contributed by atoms with Crippen molar-refractivity contribution in [2.45, 2.75) is 6.92 Å². The molecule has 7 nitrogen and oxygen atoms in total. The zero-order valence-corrected chi connectivity index (χ0v) is 13.4. The normalized spacial score (nSPS) is 10.1. The molecule has 0 saturated carbocycles. The number of hydrogen-bond donors (Lipinski definition) is 1. The highest BCUT2D eigenvalue weighted by Gasteiger charge is 2.21. The van der Waals surface area contributed by atoms with Gasteiger partial charge in [-0.05, 0) is 25.1 Å². The number of carbonyl (C=O) groups is 1. The zero-order valence-electron chi connectivity index (χ0n) is 13.4. The summed E-state index contributed by atoms with van der Waals surface area (Å²) in [5, 5.41) is 6.62. The number of carbonyl (C=O) groups excluding carboxylic acids is 1. The summed E-state index contributed by atoms with van der Waals surface area (Å²) in [6.07, 6.45) is 1.54. The maximum atomic E-state index is 11.9. The Morgan fingerprint density at radius 1 is 1.24 bits per heavy atom. The first-order chi connectivity index (χ1) is 12.2. The average molecular weight is 334 g/mol. The van der Waals surface area contributed by atoms with Crippen molar-refractivity contribution in [3.8, 4) is 22.9 Å². The van der Waals surface area contributed by atoms with Crippen molar-refractivity contribution in [2.75, 3.05) is 6.61 Å². The molecule has 0 unspecified atom stereocenters. The van der Waals surface area contributed by atoms with Crippen molar-refractivity contribution < 1.29 is 14.3 Å². The van der Waals surface area contributed by atoms with Gasteiger partial charge in [-0.1, -0.05) is 18.2 Å². The standard InChI is InChI=1S/C18H14N4O3/c1-3-24-18(23)17-16(19-2)15(21-22-17)12-9-10-14(20-11-12)25-13-7-5-4-6-8-13/h4-11H,3H2,1H3,(H,21,22). The molecule has 0 saturated heterocycles. The lowest BCUT2D eigenvalue weighted by molar-refractivity contribution is 0.0521. The molecule has 0 aliphatic carbocycles. The number of esters is 1. The first kappa shape index (κ1) is 16.2. The van der Waals surface area contributed by atoms with Crippen LogP contribution in [-0.2, 0) is 4.74 Å². The molecule has 25 heavy (non-hydrogen) atoms. The smallest absolute Gasteiger partial charge is 0.345 e. The minimum Gasteiger partial charge on any atom is -0.462 e. The number of pyridine rings is 1. The van der Waals surface area contributed by atoms with E-state index in [0.717, 1.165) is 0 Å². The van der Waals surface area contributed by atoms with Gasteiger partial charge in [0.25, 0.3) is 0 Å². The molecule has 0 bridgehead atoms. The number of nitrogens with one attached hydrogen (secondary N) is 1. The van der Waals surface area contributed by atoms with Crippen LogP contribution in [-0.4, -0.2) is 27.8 Å². The molecule has 0 aliphatic rings. The van der Waals surface area contributed by atoms with Crippen LogP contribution in [0.5, 0.6) is 11.6 Å². The second-order valence-electron chi connectivity index (χ2n) is 4.93. The van der Waals surface area contributed by atoms with Gasteiger partial charge >= 0.3 is 5.97 Å². The third-order valence-corrected chi connectivity index (χ3v) is 3.31. The Balaban J connectivity index is 1.85. The zero-order chi connectivity index (χ0) is 17.6. The summed E-state index contributed by atoms with van der Waals surface area (Å²) in [5.74, 6) is 0.485. The lowest BCUT2D eigenvalue weighted by Crippen LogP contribution is -2.05. The Morgan fingerprint density at radius 2 is 2.04 bits per heavy atom. The SMILES string of the molecule is [C-]#[N+]c1c(-c2ccc(Oc3ccccc3)nc2)n[nH]c1C(=O)OCC. The molecule has 3 aromatic rings. The first-order valence-corrected chi connectivity index (χ1v) is 7.55. The minimum absolute atomic E-state index is 0.0384. The highest BCUT2D eigenvalue weighted by atomic mass is 16.5. The van der Waals surface area contributed by atoms with Gasteiger partial charge in [-0.3, -0.25) is 5.10 Å². The number of para-hydroxylation sites is 1. The van der Waals surface area contributed by atoms with E-state index in [1.54, 1.807) is 19.1 Å². The van der Waals surface area contributed by atoms with E-state index in [9.17, 15) is 4.79 Å². The van der Waals surface area contributed by atoms with Crippen LogP contribution in [0, 0.1) is 6.57 Å². The van der Waals surface area contributed by atoms with Crippen LogP contribution >= 0.6 is 0 Å². The number of nitrogens with zero attached hydrogens (tertiary/aromatic N) is 3. The van der Waals surface area contributed by atoms with Crippen LogP contribution in [0.15, 0.2) is 48.7 Å². The summed E-state index contributed by atoms with van der Waals surface area (Å²) in [6.45, 7) is 9.24. The van der Waals surface area contributed by atoms with Crippen LogP contribution in [0.25, 0.3) is 16.1 Å². The van der Waals surface area contributed by atoms with E-state index in [1.807, 2.05) is 30.3 Å². The summed E-state index contributed by atoms with van der Waals surface area (Å²) in [5.41, 5.74) is 1.09. The maximum Gasteiger partial charge on any atom is 0.345 e. The fraction of sp³-hybridized carbons (Fsp3) is 0.111. The van der Waals surface area contributed by atoms with Crippen molar-refractivity contribution in [1.82, 2.24) is 15.2 Å². The fourth-order valence-corrected chi connectivity index (χ4v) is 2.18. The van der Waals surface area contributed by atoms with Crippen LogP contribution < -0.4 is 4.74 Å². The molecule has 7 heteroatoms. The van der Waals surface area contributed by atoms with E-state index in [-0.39, 0.29) is 18.0 Å². The van der Waals surface area contributed by atoms with E-state index in [1.165, 1.54) is 6.20 Å². The third kappa shape index (κ3) is 3.48. The van der Waals surface area contributed by atoms with Crippen LogP contribution in [0.4, 0.5) is 5.69 Å². The second kappa shape index (κ2) is 7.27. The van der Waals surface area contributed by atoms with Crippen LogP contribution in [0.2, 0.25) is 0 Å². The lowest BCUT2D eigenvalue weighted by Gasteiger charge is -2.05. The number of hydrogen-bond acceptors (Lipinski definition) is 5. The summed E-state index contributed by atoms with van der Waals surface area (Å²) in [6, 6.07) is 12.7. The molecule has 0 amide bonds. The minimum atomic E-state index is -0.607. The number of benzene rings is 1. The fourth-order valence-electron chi connectivity index (χ4n) is 2.18. The van der Waals surface area contributed by atoms with Gasteiger partial charge in [-0.2, -0.15) is 5.10 Å². The van der Waals surface area contributed by atoms with Gasteiger partial charge in [0.2, 0.25) is 11.6 Å². The third-order valence-electron chi connectivity index (χ3n) is 3.31. The predicted octanol–water partition coefficient (Wildman–Crippen LogP) is 3.99. The second-order valence-corrected chi connectivity index (χ2v) is 4.93. The Bertz CT molecular complexity index is 912. The van der Waals surface area contributed by atoms with E-state index in [4.69, 9.17) is 16.0 Å². The van der Waals surface area contributed by atoms with Crippen molar-refractivity contribution in [3.63, 3.8) is 0 Å². The first-order valence-electron chi connectivity index (χ1n) is 7.55. The van der Waals surface area contributed by atoms with E-state index < -0.39 is 5.97 Å². The van der Waals surface area contributed by atoms with E-state index in [0.29, 0.717) is 22.9 Å². The van der Waals surface area contributed by atoms with Crippen LogP contribution in [0.3, 0.4) is 0 Å². The molecule has 0 spiro atoms. The molecule has 1 N–H and O–H groups in total. The van der Waals surface area contributed by atoms with Gasteiger partial charge in [0, 0.05) is 17.8 Å². The van der Waals surface area contributed by atoms with Crippen LogP contribution in [0.1, 0.15) is 17.4 Å². The maximum absolute atomic E-state index is 11.9. The van der Waals surface area contributed by atoms with Crippen molar-refractivity contribution in [2.24, 2.45) is 0 Å². The van der Waals surface area contributed by atoms with Gasteiger partial charge in [-0.25, -0.2) is 14.6 Å². The quantitative estimate of drug-likeness (QED) is 0.563. The van der Waals surface area contributed by atoms with Gasteiger partial charge in [-0.15, -0.1) is 0 Å². The molecular weight excluding hydrogens is 320 g/mol. The highest BCUT2D eigenvalue weighted by molar-refractivity contribution is 5.98. The molecule has 0 radical (unpaired) electrons. The van der Waals surface area contributed by atoms with E-state index in [2.05, 4.69) is 20.0 Å². The number of aromatic nitrogens is 3. The van der Waals surface area contributed by atoms with Crippen molar-refractivity contribution in [3.05, 3.63) is 65.8 Å². The highest BCUT2D eigenvalue weighted by Crippen LogP contribution is 2.32. The van der Waals surface area contributed by atoms with Crippen molar-refractivity contribution >= 4 is 11.7 Å². The number of rotatable bonds is 5. The van der Waals surface area contributed by atoms with Gasteiger partial charge in [0.15, 0.2) is 5.69 Å².